The molecule has 2 rings (SSSR count). The van der Waals surface area contributed by atoms with E-state index < -0.39 is 17.3 Å². The topological polar surface area (TPSA) is 70.3 Å². The van der Waals surface area contributed by atoms with E-state index in [1.165, 1.54) is 30.3 Å². The maximum atomic E-state index is 13.5. The van der Waals surface area contributed by atoms with Gasteiger partial charge in [0.25, 0.3) is 0 Å². The van der Waals surface area contributed by atoms with Crippen molar-refractivity contribution in [3.05, 3.63) is 58.4 Å². The summed E-state index contributed by atoms with van der Waals surface area (Å²) in [6.07, 6.45) is 0. The number of hydrogen-bond acceptors (Lipinski definition) is 3. The van der Waals surface area contributed by atoms with E-state index in [2.05, 4.69) is 0 Å². The van der Waals surface area contributed by atoms with Gasteiger partial charge in [-0.15, -0.1) is 0 Å². The highest BCUT2D eigenvalue weighted by molar-refractivity contribution is 6.31. The van der Waals surface area contributed by atoms with Crippen LogP contribution in [-0.2, 0) is 0 Å². The standard InChI is InChI=1S/C14H7ClFNO3/c15-9-3-1-5-11(8(9)7-17)20-12-6-2-4-10(16)13(12)14(18)19/h1-6H,(H,18,19). The highest BCUT2D eigenvalue weighted by Crippen LogP contribution is 2.32. The van der Waals surface area contributed by atoms with Crippen molar-refractivity contribution in [1.82, 2.24) is 0 Å². The monoisotopic (exact) mass is 291 g/mol. The molecule has 0 aliphatic rings. The minimum Gasteiger partial charge on any atom is -0.477 e. The molecule has 4 nitrogen and oxygen atoms in total. The molecule has 0 fully saturated rings. The highest BCUT2D eigenvalue weighted by Gasteiger charge is 2.19. The molecule has 20 heavy (non-hydrogen) atoms. The fraction of sp³-hybridized carbons (Fsp3) is 0. The Bertz CT molecular complexity index is 725. The molecule has 0 saturated carbocycles. The second-order valence-electron chi connectivity index (χ2n) is 3.74. The molecule has 0 aromatic heterocycles. The van der Waals surface area contributed by atoms with Gasteiger partial charge in [-0.1, -0.05) is 23.7 Å². The Balaban J connectivity index is 2.52. The molecular formula is C14H7ClFNO3. The van der Waals surface area contributed by atoms with Crippen molar-refractivity contribution < 1.29 is 19.0 Å². The van der Waals surface area contributed by atoms with Crippen LogP contribution in [0.25, 0.3) is 0 Å². The smallest absolute Gasteiger partial charge is 0.342 e. The molecule has 0 aliphatic carbocycles. The zero-order valence-electron chi connectivity index (χ0n) is 9.93. The summed E-state index contributed by atoms with van der Waals surface area (Å²) in [5.41, 5.74) is -0.550. The summed E-state index contributed by atoms with van der Waals surface area (Å²) in [4.78, 5) is 11.0. The van der Waals surface area contributed by atoms with Crippen molar-refractivity contribution in [1.29, 1.82) is 5.26 Å². The Morgan fingerprint density at radius 3 is 2.55 bits per heavy atom. The third-order valence-electron chi connectivity index (χ3n) is 2.50. The summed E-state index contributed by atoms with van der Waals surface area (Å²) in [6, 6.07) is 9.96. The Hall–Kier alpha value is -2.58. The lowest BCUT2D eigenvalue weighted by atomic mass is 10.1. The number of rotatable bonds is 3. The first-order valence-corrected chi connectivity index (χ1v) is 5.80. The van der Waals surface area contributed by atoms with Crippen molar-refractivity contribution in [2.24, 2.45) is 0 Å². The maximum absolute atomic E-state index is 13.5. The molecule has 6 heteroatoms. The molecule has 0 saturated heterocycles. The van der Waals surface area contributed by atoms with E-state index in [0.717, 1.165) is 6.07 Å². The fourth-order valence-corrected chi connectivity index (χ4v) is 1.82. The van der Waals surface area contributed by atoms with Crippen molar-refractivity contribution in [3.8, 4) is 17.6 Å². The second kappa shape index (κ2) is 5.59. The van der Waals surface area contributed by atoms with Gasteiger partial charge in [0.1, 0.15) is 34.5 Å². The normalized spacial score (nSPS) is 9.85. The molecule has 0 bridgehead atoms. The van der Waals surface area contributed by atoms with Crippen LogP contribution < -0.4 is 4.74 Å². The average molecular weight is 292 g/mol. The number of carboxylic acid groups (broad SMARTS) is 1. The van der Waals surface area contributed by atoms with Crippen molar-refractivity contribution in [2.75, 3.05) is 0 Å². The zero-order valence-corrected chi connectivity index (χ0v) is 10.7. The molecule has 0 unspecified atom stereocenters. The van der Waals surface area contributed by atoms with Crippen LogP contribution in [0.4, 0.5) is 4.39 Å². The van der Waals surface area contributed by atoms with Gasteiger partial charge in [-0.25, -0.2) is 9.18 Å². The number of halogens is 2. The first kappa shape index (κ1) is 13.8. The van der Waals surface area contributed by atoms with Gasteiger partial charge < -0.3 is 9.84 Å². The van der Waals surface area contributed by atoms with Crippen LogP contribution in [0.15, 0.2) is 36.4 Å². The summed E-state index contributed by atoms with van der Waals surface area (Å²) in [6.45, 7) is 0. The van der Waals surface area contributed by atoms with Crippen LogP contribution in [0, 0.1) is 17.1 Å². The first-order valence-electron chi connectivity index (χ1n) is 5.43. The van der Waals surface area contributed by atoms with Crippen molar-refractivity contribution in [2.45, 2.75) is 0 Å². The number of carbonyl (C=O) groups is 1. The number of nitrogens with zero attached hydrogens (tertiary/aromatic N) is 1. The number of nitriles is 1. The van der Waals surface area contributed by atoms with Gasteiger partial charge in [0.05, 0.1) is 5.02 Å². The van der Waals surface area contributed by atoms with Crippen molar-refractivity contribution >= 4 is 17.6 Å². The van der Waals surface area contributed by atoms with Gasteiger partial charge in [-0.3, -0.25) is 0 Å². The summed E-state index contributed by atoms with van der Waals surface area (Å²) in [7, 11) is 0. The zero-order chi connectivity index (χ0) is 14.7. The summed E-state index contributed by atoms with van der Waals surface area (Å²) < 4.78 is 18.8. The van der Waals surface area contributed by atoms with Gasteiger partial charge in [0.15, 0.2) is 0 Å². The number of benzene rings is 2. The predicted molar refractivity (Wildman–Crippen MR) is 69.6 cm³/mol. The molecule has 0 atom stereocenters. The number of aromatic carboxylic acids is 1. The van der Waals surface area contributed by atoms with E-state index in [4.69, 9.17) is 26.7 Å². The minimum absolute atomic E-state index is 0.0507. The molecule has 100 valence electrons. The van der Waals surface area contributed by atoms with Gasteiger partial charge in [-0.2, -0.15) is 5.26 Å². The van der Waals surface area contributed by atoms with Gasteiger partial charge in [-0.05, 0) is 24.3 Å². The quantitative estimate of drug-likeness (QED) is 0.932. The van der Waals surface area contributed by atoms with Gasteiger partial charge in [0, 0.05) is 0 Å². The number of hydrogen-bond donors (Lipinski definition) is 1. The van der Waals surface area contributed by atoms with Gasteiger partial charge >= 0.3 is 5.97 Å². The molecule has 0 heterocycles. The van der Waals surface area contributed by atoms with Crippen LogP contribution in [0.3, 0.4) is 0 Å². The van der Waals surface area contributed by atoms with Crippen LogP contribution in [-0.4, -0.2) is 11.1 Å². The van der Waals surface area contributed by atoms with E-state index in [1.54, 1.807) is 0 Å². The fourth-order valence-electron chi connectivity index (χ4n) is 1.61. The molecule has 0 aliphatic heterocycles. The second-order valence-corrected chi connectivity index (χ2v) is 4.15. The molecule has 1 N–H and O–H groups in total. The van der Waals surface area contributed by atoms with Crippen LogP contribution >= 0.6 is 11.6 Å². The SMILES string of the molecule is N#Cc1c(Cl)cccc1Oc1cccc(F)c1C(=O)O. The maximum Gasteiger partial charge on any atom is 0.342 e. The molecular weight excluding hydrogens is 285 g/mol. The number of ether oxygens (including phenoxy) is 1. The Morgan fingerprint density at radius 1 is 1.25 bits per heavy atom. The molecule has 0 amide bonds. The molecule has 0 radical (unpaired) electrons. The lowest BCUT2D eigenvalue weighted by molar-refractivity contribution is 0.0689. The number of carboxylic acids is 1. The predicted octanol–water partition coefficient (Wildman–Crippen LogP) is 3.84. The molecule has 2 aromatic rings. The lowest BCUT2D eigenvalue weighted by Crippen LogP contribution is -2.04. The highest BCUT2D eigenvalue weighted by atomic mass is 35.5. The lowest BCUT2D eigenvalue weighted by Gasteiger charge is -2.10. The molecule has 0 spiro atoms. The molecule has 2 aromatic carbocycles. The summed E-state index contributed by atoms with van der Waals surface area (Å²) >= 11 is 5.84. The first-order chi connectivity index (χ1) is 9.54. The third kappa shape index (κ3) is 2.56. The Morgan fingerprint density at radius 2 is 1.90 bits per heavy atom. The van der Waals surface area contributed by atoms with E-state index in [1.807, 2.05) is 6.07 Å². The van der Waals surface area contributed by atoms with E-state index in [-0.39, 0.29) is 22.1 Å². The van der Waals surface area contributed by atoms with E-state index in [9.17, 15) is 9.18 Å². The largest absolute Gasteiger partial charge is 0.477 e. The van der Waals surface area contributed by atoms with Crippen LogP contribution in [0.2, 0.25) is 5.02 Å². The minimum atomic E-state index is -1.46. The average Bonchev–Trinajstić information content (AvgIpc) is 2.38. The van der Waals surface area contributed by atoms with Crippen LogP contribution in [0.5, 0.6) is 11.5 Å². The van der Waals surface area contributed by atoms with Crippen LogP contribution in [0.1, 0.15) is 15.9 Å². The van der Waals surface area contributed by atoms with E-state index >= 15 is 0 Å². The Kier molecular flexibility index (Phi) is 3.87. The summed E-state index contributed by atoms with van der Waals surface area (Å²) in [5.74, 6) is -2.52. The van der Waals surface area contributed by atoms with E-state index in [0.29, 0.717) is 0 Å². The van der Waals surface area contributed by atoms with Gasteiger partial charge in [0.2, 0.25) is 0 Å². The summed E-state index contributed by atoms with van der Waals surface area (Å²) in [5, 5.41) is 18.2. The third-order valence-corrected chi connectivity index (χ3v) is 2.81. The van der Waals surface area contributed by atoms with Crippen molar-refractivity contribution in [3.63, 3.8) is 0 Å². The Labute approximate surface area is 118 Å².